The Kier molecular flexibility index (Phi) is 6.89. The number of rotatable bonds is 8. The van der Waals surface area contributed by atoms with Crippen molar-refractivity contribution in [3.05, 3.63) is 53.1 Å². The van der Waals surface area contributed by atoms with Crippen LogP contribution < -0.4 is 19.5 Å². The molecule has 0 fully saturated rings. The van der Waals surface area contributed by atoms with Gasteiger partial charge >= 0.3 is 0 Å². The Labute approximate surface area is 155 Å². The van der Waals surface area contributed by atoms with E-state index in [-0.39, 0.29) is 18.6 Å². The predicted octanol–water partition coefficient (Wildman–Crippen LogP) is 3.97. The molecule has 0 saturated carbocycles. The molecular formula is C21H27NO4. The smallest absolute Gasteiger partial charge is 0.258 e. The van der Waals surface area contributed by atoms with Crippen molar-refractivity contribution in [3.63, 3.8) is 0 Å². The lowest BCUT2D eigenvalue weighted by atomic mass is 10.0. The second-order valence-corrected chi connectivity index (χ2v) is 6.13. The number of carbonyl (C=O) groups excluding carboxylic acids is 1. The number of nitrogens with one attached hydrogen (secondary N) is 1. The van der Waals surface area contributed by atoms with Gasteiger partial charge in [0.05, 0.1) is 20.3 Å². The van der Waals surface area contributed by atoms with Crippen LogP contribution in [0.2, 0.25) is 0 Å². The summed E-state index contributed by atoms with van der Waals surface area (Å²) in [6.07, 6.45) is 0.755. The molecule has 0 radical (unpaired) electrons. The van der Waals surface area contributed by atoms with Crippen LogP contribution in [-0.4, -0.2) is 26.7 Å². The largest absolute Gasteiger partial charge is 0.493 e. The van der Waals surface area contributed by atoms with Crippen LogP contribution in [0.3, 0.4) is 0 Å². The molecule has 2 aromatic rings. The zero-order valence-electron chi connectivity index (χ0n) is 16.1. The van der Waals surface area contributed by atoms with Crippen LogP contribution in [0, 0.1) is 13.8 Å². The molecule has 0 bridgehead atoms. The molecule has 26 heavy (non-hydrogen) atoms. The summed E-state index contributed by atoms with van der Waals surface area (Å²) >= 11 is 0. The van der Waals surface area contributed by atoms with Crippen LogP contribution in [0.4, 0.5) is 0 Å². The monoisotopic (exact) mass is 357 g/mol. The molecule has 0 aliphatic heterocycles. The molecule has 0 aliphatic rings. The molecule has 1 N–H and O–H groups in total. The number of benzene rings is 2. The van der Waals surface area contributed by atoms with Crippen molar-refractivity contribution in [1.82, 2.24) is 5.32 Å². The fourth-order valence-electron chi connectivity index (χ4n) is 2.75. The van der Waals surface area contributed by atoms with E-state index in [1.54, 1.807) is 14.2 Å². The summed E-state index contributed by atoms with van der Waals surface area (Å²) in [5, 5.41) is 3.02. The van der Waals surface area contributed by atoms with E-state index in [0.717, 1.165) is 28.9 Å². The first-order valence-corrected chi connectivity index (χ1v) is 8.70. The van der Waals surface area contributed by atoms with Gasteiger partial charge in [0.25, 0.3) is 5.91 Å². The molecule has 140 valence electrons. The normalized spacial score (nSPS) is 11.6. The SMILES string of the molecule is CCC(NC(=O)COc1cccc(C)c1C)c1ccc(OC)c(OC)c1. The highest BCUT2D eigenvalue weighted by atomic mass is 16.5. The second-order valence-electron chi connectivity index (χ2n) is 6.13. The van der Waals surface area contributed by atoms with Crippen molar-refractivity contribution in [2.75, 3.05) is 20.8 Å². The highest BCUT2D eigenvalue weighted by molar-refractivity contribution is 5.78. The number of hydrogen-bond donors (Lipinski definition) is 1. The standard InChI is InChI=1S/C21H27NO4/c1-6-17(16-10-11-19(24-4)20(12-16)25-5)22-21(23)13-26-18-9-7-8-14(2)15(18)3/h7-12,17H,6,13H2,1-5H3,(H,22,23). The van der Waals surface area contributed by atoms with Gasteiger partial charge < -0.3 is 19.5 Å². The predicted molar refractivity (Wildman–Crippen MR) is 102 cm³/mol. The van der Waals surface area contributed by atoms with Gasteiger partial charge in [0.1, 0.15) is 5.75 Å². The van der Waals surface area contributed by atoms with E-state index < -0.39 is 0 Å². The first-order chi connectivity index (χ1) is 12.5. The molecule has 2 rings (SSSR count). The molecule has 0 saturated heterocycles. The summed E-state index contributed by atoms with van der Waals surface area (Å²) in [6.45, 7) is 6.01. The molecule has 2 aromatic carbocycles. The van der Waals surface area contributed by atoms with Gasteiger partial charge in [-0.25, -0.2) is 0 Å². The number of carbonyl (C=O) groups is 1. The summed E-state index contributed by atoms with van der Waals surface area (Å²) in [4.78, 5) is 12.3. The van der Waals surface area contributed by atoms with Crippen LogP contribution in [0.15, 0.2) is 36.4 Å². The van der Waals surface area contributed by atoms with Crippen molar-refractivity contribution in [2.45, 2.75) is 33.2 Å². The zero-order chi connectivity index (χ0) is 19.1. The molecular weight excluding hydrogens is 330 g/mol. The Hall–Kier alpha value is -2.69. The number of methoxy groups -OCH3 is 2. The first-order valence-electron chi connectivity index (χ1n) is 8.70. The van der Waals surface area contributed by atoms with Gasteiger partial charge in [-0.3, -0.25) is 4.79 Å². The summed E-state index contributed by atoms with van der Waals surface area (Å²) < 4.78 is 16.3. The van der Waals surface area contributed by atoms with Gasteiger partial charge in [-0.15, -0.1) is 0 Å². The minimum Gasteiger partial charge on any atom is -0.493 e. The minimum atomic E-state index is -0.160. The molecule has 0 heterocycles. The van der Waals surface area contributed by atoms with Gasteiger partial charge in [-0.05, 0) is 55.2 Å². The molecule has 0 aromatic heterocycles. The van der Waals surface area contributed by atoms with Crippen molar-refractivity contribution < 1.29 is 19.0 Å². The third-order valence-electron chi connectivity index (χ3n) is 4.47. The summed E-state index contributed by atoms with van der Waals surface area (Å²) in [7, 11) is 3.19. The van der Waals surface area contributed by atoms with E-state index in [0.29, 0.717) is 11.5 Å². The fourth-order valence-corrected chi connectivity index (χ4v) is 2.75. The number of amides is 1. The lowest BCUT2D eigenvalue weighted by Gasteiger charge is -2.19. The van der Waals surface area contributed by atoms with Crippen LogP contribution in [-0.2, 0) is 4.79 Å². The average Bonchev–Trinajstić information content (AvgIpc) is 2.66. The highest BCUT2D eigenvalue weighted by Crippen LogP contribution is 2.30. The van der Waals surface area contributed by atoms with Gasteiger partial charge in [0.15, 0.2) is 18.1 Å². The van der Waals surface area contributed by atoms with Gasteiger partial charge in [-0.2, -0.15) is 0 Å². The Bertz CT molecular complexity index is 758. The number of ether oxygens (including phenoxy) is 3. The third-order valence-corrected chi connectivity index (χ3v) is 4.47. The lowest BCUT2D eigenvalue weighted by molar-refractivity contribution is -0.123. The first kappa shape index (κ1) is 19.6. The number of hydrogen-bond acceptors (Lipinski definition) is 4. The van der Waals surface area contributed by atoms with Crippen LogP contribution in [0.5, 0.6) is 17.2 Å². The van der Waals surface area contributed by atoms with Crippen molar-refractivity contribution in [3.8, 4) is 17.2 Å². The van der Waals surface area contributed by atoms with Crippen molar-refractivity contribution >= 4 is 5.91 Å². The maximum Gasteiger partial charge on any atom is 0.258 e. The van der Waals surface area contributed by atoms with Crippen molar-refractivity contribution in [1.29, 1.82) is 0 Å². The summed E-state index contributed by atoms with van der Waals surface area (Å²) in [6, 6.07) is 11.4. The topological polar surface area (TPSA) is 56.8 Å². The lowest BCUT2D eigenvalue weighted by Crippen LogP contribution is -2.32. The molecule has 5 heteroatoms. The molecule has 5 nitrogen and oxygen atoms in total. The van der Waals surface area contributed by atoms with Crippen molar-refractivity contribution in [2.24, 2.45) is 0 Å². The van der Waals surface area contributed by atoms with E-state index in [9.17, 15) is 4.79 Å². The van der Waals surface area contributed by atoms with Crippen LogP contribution >= 0.6 is 0 Å². The zero-order valence-corrected chi connectivity index (χ0v) is 16.1. The Balaban J connectivity index is 2.03. The highest BCUT2D eigenvalue weighted by Gasteiger charge is 2.16. The Morgan fingerprint density at radius 1 is 1.04 bits per heavy atom. The van der Waals surface area contributed by atoms with E-state index in [2.05, 4.69) is 5.32 Å². The quantitative estimate of drug-likeness (QED) is 0.777. The van der Waals surface area contributed by atoms with Crippen LogP contribution in [0.1, 0.15) is 36.1 Å². The van der Waals surface area contributed by atoms with E-state index in [1.165, 1.54) is 0 Å². The molecule has 0 spiro atoms. The average molecular weight is 357 g/mol. The van der Waals surface area contributed by atoms with Gasteiger partial charge in [-0.1, -0.05) is 25.1 Å². The van der Waals surface area contributed by atoms with Gasteiger partial charge in [0, 0.05) is 0 Å². The Morgan fingerprint density at radius 3 is 2.42 bits per heavy atom. The van der Waals surface area contributed by atoms with E-state index >= 15 is 0 Å². The third kappa shape index (κ3) is 4.69. The van der Waals surface area contributed by atoms with E-state index in [4.69, 9.17) is 14.2 Å². The number of aryl methyl sites for hydroxylation is 1. The summed E-state index contributed by atoms with van der Waals surface area (Å²) in [5.74, 6) is 1.88. The van der Waals surface area contributed by atoms with E-state index in [1.807, 2.05) is 57.2 Å². The van der Waals surface area contributed by atoms with Gasteiger partial charge in [0.2, 0.25) is 0 Å². The summed E-state index contributed by atoms with van der Waals surface area (Å²) in [5.41, 5.74) is 3.15. The maximum atomic E-state index is 12.3. The second kappa shape index (κ2) is 9.13. The van der Waals surface area contributed by atoms with Crippen LogP contribution in [0.25, 0.3) is 0 Å². The maximum absolute atomic E-state index is 12.3. The minimum absolute atomic E-state index is 0.0198. The molecule has 1 atom stereocenters. The molecule has 1 unspecified atom stereocenters. The molecule has 0 aliphatic carbocycles. The Morgan fingerprint density at radius 2 is 1.77 bits per heavy atom. The fraction of sp³-hybridized carbons (Fsp3) is 0.381. The molecule has 1 amide bonds.